The number of rotatable bonds is 3. The lowest BCUT2D eigenvalue weighted by atomic mass is 10.2. The third kappa shape index (κ3) is 2.42. The van der Waals surface area contributed by atoms with Crippen LogP contribution in [0, 0.1) is 11.3 Å². The fourth-order valence-electron chi connectivity index (χ4n) is 2.08. The molecule has 2 rings (SSSR count). The molecule has 0 unspecified atom stereocenters. The molecule has 0 saturated heterocycles. The van der Waals surface area contributed by atoms with E-state index in [2.05, 4.69) is 5.32 Å². The molecule has 1 N–H and O–H groups in total. The summed E-state index contributed by atoms with van der Waals surface area (Å²) in [4.78, 5) is 12.2. The van der Waals surface area contributed by atoms with Crippen molar-refractivity contribution in [3.8, 4) is 6.07 Å². The van der Waals surface area contributed by atoms with E-state index >= 15 is 0 Å². The number of carbonyl (C=O) groups excluding carboxylic acids is 1. The molecule has 1 aromatic heterocycles. The first-order valence-electron chi connectivity index (χ1n) is 5.97. The van der Waals surface area contributed by atoms with Gasteiger partial charge in [-0.25, -0.2) is 0 Å². The Balaban J connectivity index is 2.40. The number of amides is 1. The van der Waals surface area contributed by atoms with E-state index in [9.17, 15) is 4.79 Å². The third-order valence-electron chi connectivity index (χ3n) is 3.04. The van der Waals surface area contributed by atoms with Crippen molar-refractivity contribution < 1.29 is 4.79 Å². The molecule has 1 atom stereocenters. The number of benzene rings is 1. The average molecular weight is 276 g/mol. The van der Waals surface area contributed by atoms with Crippen LogP contribution in [0.25, 0.3) is 10.9 Å². The van der Waals surface area contributed by atoms with Gasteiger partial charge in [-0.1, -0.05) is 29.8 Å². The number of hydrogen-bond acceptors (Lipinski definition) is 2. The van der Waals surface area contributed by atoms with E-state index in [1.807, 2.05) is 30.3 Å². The zero-order chi connectivity index (χ0) is 14.0. The summed E-state index contributed by atoms with van der Waals surface area (Å²) in [6, 6.07) is 9.40. The van der Waals surface area contributed by atoms with E-state index in [1.54, 1.807) is 18.5 Å². The van der Waals surface area contributed by atoms with Crippen LogP contribution in [0.15, 0.2) is 24.3 Å². The number of para-hydroxylation sites is 1. The highest BCUT2D eigenvalue weighted by atomic mass is 35.5. The average Bonchev–Trinajstić information content (AvgIpc) is 2.63. The molecule has 0 aliphatic carbocycles. The first-order chi connectivity index (χ1) is 9.06. The van der Waals surface area contributed by atoms with Gasteiger partial charge in [0.2, 0.25) is 0 Å². The molecule has 0 radical (unpaired) electrons. The highest BCUT2D eigenvalue weighted by Crippen LogP contribution is 2.29. The van der Waals surface area contributed by atoms with Crippen LogP contribution in [0.3, 0.4) is 0 Å². The zero-order valence-corrected chi connectivity index (χ0v) is 11.5. The van der Waals surface area contributed by atoms with Crippen LogP contribution in [-0.2, 0) is 7.05 Å². The summed E-state index contributed by atoms with van der Waals surface area (Å²) >= 11 is 6.27. The second-order valence-electron chi connectivity index (χ2n) is 4.48. The number of carbonyl (C=O) groups is 1. The maximum atomic E-state index is 12.2. The Hall–Kier alpha value is -1.99. The lowest BCUT2D eigenvalue weighted by Gasteiger charge is -2.11. The normalized spacial score (nSPS) is 12.1. The highest BCUT2D eigenvalue weighted by Gasteiger charge is 2.20. The van der Waals surface area contributed by atoms with Crippen LogP contribution in [0.1, 0.15) is 23.8 Å². The van der Waals surface area contributed by atoms with Gasteiger partial charge in [0, 0.05) is 24.0 Å². The van der Waals surface area contributed by atoms with Crippen molar-refractivity contribution in [3.63, 3.8) is 0 Å². The topological polar surface area (TPSA) is 57.8 Å². The smallest absolute Gasteiger partial charge is 0.269 e. The Morgan fingerprint density at radius 2 is 2.21 bits per heavy atom. The summed E-state index contributed by atoms with van der Waals surface area (Å²) in [5.41, 5.74) is 1.33. The number of nitrogens with one attached hydrogen (secondary N) is 1. The third-order valence-corrected chi connectivity index (χ3v) is 3.42. The molecule has 98 valence electrons. The Kier molecular flexibility index (Phi) is 3.77. The van der Waals surface area contributed by atoms with Crippen LogP contribution in [0.5, 0.6) is 0 Å². The Bertz CT molecular complexity index is 630. The Morgan fingerprint density at radius 1 is 1.53 bits per heavy atom. The molecular formula is C14H14ClN3O. The molecule has 4 nitrogen and oxygen atoms in total. The molecular weight excluding hydrogens is 262 g/mol. The monoisotopic (exact) mass is 275 g/mol. The number of aromatic nitrogens is 1. The van der Waals surface area contributed by atoms with Crippen LogP contribution in [0.4, 0.5) is 0 Å². The molecule has 2 aromatic rings. The van der Waals surface area contributed by atoms with Crippen molar-refractivity contribution in [2.75, 3.05) is 0 Å². The summed E-state index contributed by atoms with van der Waals surface area (Å²) in [5.74, 6) is -0.258. The number of halogens is 1. The number of hydrogen-bond donors (Lipinski definition) is 1. The van der Waals surface area contributed by atoms with E-state index in [-0.39, 0.29) is 18.4 Å². The van der Waals surface area contributed by atoms with Crippen molar-refractivity contribution in [2.24, 2.45) is 7.05 Å². The van der Waals surface area contributed by atoms with Crippen molar-refractivity contribution in [3.05, 3.63) is 35.0 Å². The predicted octanol–water partition coefficient (Wildman–Crippen LogP) is 2.86. The maximum absolute atomic E-state index is 12.2. The summed E-state index contributed by atoms with van der Waals surface area (Å²) in [7, 11) is 1.80. The largest absolute Gasteiger partial charge is 0.347 e. The quantitative estimate of drug-likeness (QED) is 0.936. The van der Waals surface area contributed by atoms with Crippen LogP contribution in [-0.4, -0.2) is 16.5 Å². The SMILES string of the molecule is C[C@@H](CC#N)NC(=O)c1c(Cl)c2ccccc2n1C. The maximum Gasteiger partial charge on any atom is 0.269 e. The van der Waals surface area contributed by atoms with Crippen LogP contribution >= 0.6 is 11.6 Å². The zero-order valence-electron chi connectivity index (χ0n) is 10.8. The predicted molar refractivity (Wildman–Crippen MR) is 75.1 cm³/mol. The number of aryl methyl sites for hydroxylation is 1. The lowest BCUT2D eigenvalue weighted by molar-refractivity contribution is 0.0933. The van der Waals surface area contributed by atoms with Gasteiger partial charge >= 0.3 is 0 Å². The van der Waals surface area contributed by atoms with E-state index in [0.717, 1.165) is 10.9 Å². The van der Waals surface area contributed by atoms with E-state index < -0.39 is 0 Å². The molecule has 1 amide bonds. The molecule has 0 aliphatic heterocycles. The van der Waals surface area contributed by atoms with Gasteiger partial charge in [0.25, 0.3) is 5.91 Å². The number of nitrogens with zero attached hydrogens (tertiary/aromatic N) is 2. The second kappa shape index (κ2) is 5.33. The molecule has 0 aliphatic rings. The molecule has 0 fully saturated rings. The van der Waals surface area contributed by atoms with Gasteiger partial charge < -0.3 is 9.88 Å². The van der Waals surface area contributed by atoms with Crippen LogP contribution < -0.4 is 5.32 Å². The standard InChI is InChI=1S/C14H14ClN3O/c1-9(7-8-16)17-14(19)13-12(15)10-5-3-4-6-11(10)18(13)2/h3-6,9H,7H2,1-2H3,(H,17,19)/t9-/m0/s1. The van der Waals surface area contributed by atoms with Crippen LogP contribution in [0.2, 0.25) is 5.02 Å². The minimum Gasteiger partial charge on any atom is -0.347 e. The minimum absolute atomic E-state index is 0.202. The van der Waals surface area contributed by atoms with Crippen molar-refractivity contribution in [1.29, 1.82) is 5.26 Å². The summed E-state index contributed by atoms with van der Waals surface area (Å²) in [5, 5.41) is 12.7. The Labute approximate surface area is 116 Å². The fourth-order valence-corrected chi connectivity index (χ4v) is 2.45. The lowest BCUT2D eigenvalue weighted by Crippen LogP contribution is -2.33. The van der Waals surface area contributed by atoms with Crippen molar-refractivity contribution in [2.45, 2.75) is 19.4 Å². The van der Waals surface area contributed by atoms with E-state index in [0.29, 0.717) is 10.7 Å². The van der Waals surface area contributed by atoms with Crippen molar-refractivity contribution in [1.82, 2.24) is 9.88 Å². The summed E-state index contributed by atoms with van der Waals surface area (Å²) < 4.78 is 1.77. The fraction of sp³-hybridized carbons (Fsp3) is 0.286. The molecule has 0 saturated carbocycles. The highest BCUT2D eigenvalue weighted by molar-refractivity contribution is 6.38. The molecule has 1 heterocycles. The van der Waals surface area contributed by atoms with Crippen molar-refractivity contribution >= 4 is 28.4 Å². The Morgan fingerprint density at radius 3 is 2.84 bits per heavy atom. The molecule has 19 heavy (non-hydrogen) atoms. The summed E-state index contributed by atoms with van der Waals surface area (Å²) in [6.45, 7) is 1.79. The van der Waals surface area contributed by atoms with Gasteiger partial charge in [-0.2, -0.15) is 5.26 Å². The molecule has 1 aromatic carbocycles. The number of nitriles is 1. The first-order valence-corrected chi connectivity index (χ1v) is 6.34. The van der Waals surface area contributed by atoms with E-state index in [1.165, 1.54) is 0 Å². The van der Waals surface area contributed by atoms with Gasteiger partial charge in [-0.15, -0.1) is 0 Å². The minimum atomic E-state index is -0.258. The number of fused-ring (bicyclic) bond motifs is 1. The first kappa shape index (κ1) is 13.4. The molecule has 5 heteroatoms. The van der Waals surface area contributed by atoms with Gasteiger partial charge in [-0.05, 0) is 13.0 Å². The van der Waals surface area contributed by atoms with Gasteiger partial charge in [0.05, 0.1) is 17.5 Å². The second-order valence-corrected chi connectivity index (χ2v) is 4.85. The van der Waals surface area contributed by atoms with Gasteiger partial charge in [0.1, 0.15) is 5.69 Å². The van der Waals surface area contributed by atoms with Gasteiger partial charge in [-0.3, -0.25) is 4.79 Å². The molecule has 0 bridgehead atoms. The summed E-state index contributed by atoms with van der Waals surface area (Å²) in [6.07, 6.45) is 0.271. The van der Waals surface area contributed by atoms with E-state index in [4.69, 9.17) is 16.9 Å². The van der Waals surface area contributed by atoms with Gasteiger partial charge in [0.15, 0.2) is 0 Å². The molecule has 0 spiro atoms.